The number of nitrogens with one attached hydrogen (secondary N) is 1. The van der Waals surface area contributed by atoms with Crippen molar-refractivity contribution in [3.63, 3.8) is 0 Å². The molecule has 0 spiro atoms. The Morgan fingerprint density at radius 2 is 1.65 bits per heavy atom. The van der Waals surface area contributed by atoms with Crippen molar-refractivity contribution < 1.29 is 29.0 Å². The van der Waals surface area contributed by atoms with E-state index < -0.39 is 29.8 Å². The molecule has 0 fully saturated rings. The highest BCUT2D eigenvalue weighted by molar-refractivity contribution is 8.13. The van der Waals surface area contributed by atoms with E-state index in [0.717, 1.165) is 34.0 Å². The maximum Gasteiger partial charge on any atom is 0.407 e. The molecule has 3 rings (SSSR count). The molecule has 2 aromatic rings. The number of alkyl carbamates (subject to hydrolysis) is 1. The lowest BCUT2D eigenvalue weighted by atomic mass is 9.98. The second-order valence-electron chi connectivity index (χ2n) is 6.93. The van der Waals surface area contributed by atoms with Crippen LogP contribution in [0.5, 0.6) is 0 Å². The highest BCUT2D eigenvalue weighted by Gasteiger charge is 2.29. The maximum atomic E-state index is 12.3. The lowest BCUT2D eigenvalue weighted by molar-refractivity contribution is -0.142. The third-order valence-electron chi connectivity index (χ3n) is 4.96. The van der Waals surface area contributed by atoms with Gasteiger partial charge in [0.1, 0.15) is 12.6 Å². The molecule has 1 atom stereocenters. The van der Waals surface area contributed by atoms with Crippen LogP contribution in [0.2, 0.25) is 0 Å². The second kappa shape index (κ2) is 11.0. The van der Waals surface area contributed by atoms with Crippen molar-refractivity contribution in [1.29, 1.82) is 0 Å². The van der Waals surface area contributed by atoms with E-state index in [0.29, 0.717) is 0 Å². The Bertz CT molecular complexity index is 902. The smallest absolute Gasteiger partial charge is 0.407 e. The number of ether oxygens (including phenoxy) is 2. The summed E-state index contributed by atoms with van der Waals surface area (Å²) in [6, 6.07) is 14.9. The predicted octanol–water partition coefficient (Wildman–Crippen LogP) is 3.10. The third kappa shape index (κ3) is 5.65. The molecule has 0 saturated carbocycles. The monoisotopic (exact) mass is 443 g/mol. The molecular formula is C23H25NO6S. The third-order valence-corrected chi connectivity index (χ3v) is 5.94. The van der Waals surface area contributed by atoms with Crippen LogP contribution in [0.4, 0.5) is 4.79 Å². The molecule has 2 N–H and O–H groups in total. The molecule has 0 aliphatic heterocycles. The van der Waals surface area contributed by atoms with Crippen LogP contribution >= 0.6 is 11.8 Å². The molecule has 2 aromatic carbocycles. The van der Waals surface area contributed by atoms with Crippen molar-refractivity contribution in [3.8, 4) is 11.1 Å². The number of carbonyl (C=O) groups excluding carboxylic acids is 3. The Kier molecular flexibility index (Phi) is 8.08. The average molecular weight is 444 g/mol. The van der Waals surface area contributed by atoms with E-state index in [9.17, 15) is 19.5 Å². The molecule has 1 aliphatic rings. The zero-order valence-electron chi connectivity index (χ0n) is 17.2. The quantitative estimate of drug-likeness (QED) is 0.574. The van der Waals surface area contributed by atoms with Gasteiger partial charge in [0, 0.05) is 11.7 Å². The van der Waals surface area contributed by atoms with Crippen LogP contribution in [0.1, 0.15) is 30.4 Å². The van der Waals surface area contributed by atoms with E-state index in [1.165, 1.54) is 0 Å². The van der Waals surface area contributed by atoms with Gasteiger partial charge in [-0.25, -0.2) is 4.79 Å². The van der Waals surface area contributed by atoms with Crippen LogP contribution in [0.25, 0.3) is 11.1 Å². The molecule has 0 unspecified atom stereocenters. The van der Waals surface area contributed by atoms with Gasteiger partial charge in [-0.2, -0.15) is 0 Å². The summed E-state index contributed by atoms with van der Waals surface area (Å²) in [5, 5.41) is 11.4. The van der Waals surface area contributed by atoms with E-state index >= 15 is 0 Å². The van der Waals surface area contributed by atoms with Crippen LogP contribution in [0, 0.1) is 0 Å². The lowest BCUT2D eigenvalue weighted by Crippen LogP contribution is -2.43. The summed E-state index contributed by atoms with van der Waals surface area (Å²) in [6.07, 6.45) is -0.701. The number of thioether (sulfide) groups is 1. The molecule has 1 aliphatic carbocycles. The molecule has 8 heteroatoms. The van der Waals surface area contributed by atoms with Crippen molar-refractivity contribution in [2.24, 2.45) is 0 Å². The van der Waals surface area contributed by atoms with E-state index in [1.54, 1.807) is 6.92 Å². The Morgan fingerprint density at radius 1 is 1.03 bits per heavy atom. The number of aliphatic hydroxyl groups is 1. The van der Waals surface area contributed by atoms with E-state index in [1.807, 2.05) is 48.5 Å². The summed E-state index contributed by atoms with van der Waals surface area (Å²) in [6.45, 7) is 1.54. The zero-order chi connectivity index (χ0) is 22.2. The molecule has 0 heterocycles. The molecular weight excluding hydrogens is 418 g/mol. The van der Waals surface area contributed by atoms with Crippen LogP contribution in [0.15, 0.2) is 48.5 Å². The van der Waals surface area contributed by atoms with Crippen molar-refractivity contribution >= 4 is 28.9 Å². The largest absolute Gasteiger partial charge is 0.466 e. The van der Waals surface area contributed by atoms with Gasteiger partial charge in [0.2, 0.25) is 5.12 Å². The number of esters is 1. The van der Waals surface area contributed by atoms with Crippen LogP contribution in [-0.2, 0) is 19.1 Å². The molecule has 0 saturated heterocycles. The highest BCUT2D eigenvalue weighted by Crippen LogP contribution is 2.44. The van der Waals surface area contributed by atoms with Gasteiger partial charge in [-0.05, 0) is 29.2 Å². The minimum atomic E-state index is -1.11. The van der Waals surface area contributed by atoms with Crippen LogP contribution < -0.4 is 5.32 Å². The summed E-state index contributed by atoms with van der Waals surface area (Å²) in [5.41, 5.74) is 4.41. The first-order valence-corrected chi connectivity index (χ1v) is 11.1. The minimum Gasteiger partial charge on any atom is -0.466 e. The molecule has 164 valence electrons. The summed E-state index contributed by atoms with van der Waals surface area (Å²) in [4.78, 5) is 35.8. The summed E-state index contributed by atoms with van der Waals surface area (Å²) in [5.74, 6) is -0.284. The molecule has 7 nitrogen and oxygen atoms in total. The first-order valence-electron chi connectivity index (χ1n) is 10.1. The van der Waals surface area contributed by atoms with Crippen molar-refractivity contribution in [2.75, 3.05) is 25.6 Å². The first kappa shape index (κ1) is 22.8. The summed E-state index contributed by atoms with van der Waals surface area (Å²) < 4.78 is 10.2. The predicted molar refractivity (Wildman–Crippen MR) is 118 cm³/mol. The van der Waals surface area contributed by atoms with Gasteiger partial charge in [-0.15, -0.1) is 0 Å². The fraction of sp³-hybridized carbons (Fsp3) is 0.348. The SMILES string of the molecule is CCOC(=O)CCSC(=O)[C@H](CO)NC(=O)OCC1c2ccccc2-c2ccccc21. The lowest BCUT2D eigenvalue weighted by Gasteiger charge is -2.17. The molecule has 31 heavy (non-hydrogen) atoms. The van der Waals surface area contributed by atoms with Crippen LogP contribution in [0.3, 0.4) is 0 Å². The number of hydrogen-bond acceptors (Lipinski definition) is 7. The molecule has 0 radical (unpaired) electrons. The number of rotatable bonds is 9. The van der Waals surface area contributed by atoms with Crippen molar-refractivity contribution in [1.82, 2.24) is 5.32 Å². The Morgan fingerprint density at radius 3 is 2.23 bits per heavy atom. The summed E-state index contributed by atoms with van der Waals surface area (Å²) in [7, 11) is 0. The number of fused-ring (bicyclic) bond motifs is 3. The first-order chi connectivity index (χ1) is 15.0. The van der Waals surface area contributed by atoms with Gasteiger partial charge in [-0.3, -0.25) is 9.59 Å². The molecule has 0 bridgehead atoms. The fourth-order valence-electron chi connectivity index (χ4n) is 3.53. The Labute approximate surface area is 185 Å². The molecule has 0 aromatic heterocycles. The number of hydrogen-bond donors (Lipinski definition) is 2. The minimum absolute atomic E-state index is 0.0767. The molecule has 1 amide bonds. The van der Waals surface area contributed by atoms with Gasteiger partial charge >= 0.3 is 12.1 Å². The topological polar surface area (TPSA) is 102 Å². The Hall–Kier alpha value is -2.84. The highest BCUT2D eigenvalue weighted by atomic mass is 32.2. The zero-order valence-corrected chi connectivity index (χ0v) is 18.0. The van der Waals surface area contributed by atoms with E-state index in [4.69, 9.17) is 9.47 Å². The van der Waals surface area contributed by atoms with E-state index in [2.05, 4.69) is 5.32 Å². The van der Waals surface area contributed by atoms with Crippen molar-refractivity contribution in [2.45, 2.75) is 25.3 Å². The number of aliphatic hydroxyl groups excluding tert-OH is 1. The number of benzene rings is 2. The van der Waals surface area contributed by atoms with Gasteiger partial charge in [0.25, 0.3) is 0 Å². The maximum absolute atomic E-state index is 12.3. The normalized spacial score (nSPS) is 13.1. The van der Waals surface area contributed by atoms with Gasteiger partial charge in [-0.1, -0.05) is 60.3 Å². The summed E-state index contributed by atoms with van der Waals surface area (Å²) >= 11 is 0.860. The standard InChI is InChI=1S/C23H25NO6S/c1-2-29-21(26)11-12-31-22(27)20(13-25)24-23(28)30-14-19-17-9-5-3-7-15(17)16-8-4-6-10-18(16)19/h3-10,19-20,25H,2,11-14H2,1H3,(H,24,28)/t20-/m0/s1. The van der Waals surface area contributed by atoms with Crippen molar-refractivity contribution in [3.05, 3.63) is 59.7 Å². The second-order valence-corrected chi connectivity index (χ2v) is 8.03. The number of carbonyl (C=O) groups is 3. The average Bonchev–Trinajstić information content (AvgIpc) is 3.10. The number of amides is 1. The van der Waals surface area contributed by atoms with E-state index in [-0.39, 0.29) is 31.3 Å². The van der Waals surface area contributed by atoms with Crippen LogP contribution in [-0.4, -0.2) is 53.9 Å². The van der Waals surface area contributed by atoms with Gasteiger partial charge in [0.15, 0.2) is 0 Å². The Balaban J connectivity index is 1.53. The van der Waals surface area contributed by atoms with Gasteiger partial charge in [0.05, 0.1) is 19.6 Å². The van der Waals surface area contributed by atoms with Gasteiger partial charge < -0.3 is 19.9 Å². The fourth-order valence-corrected chi connectivity index (χ4v) is 4.33.